The van der Waals surface area contributed by atoms with Crippen LogP contribution in [0.2, 0.25) is 10.0 Å². The highest BCUT2D eigenvalue weighted by atomic mass is 35.5. The Labute approximate surface area is 247 Å². The van der Waals surface area contributed by atoms with E-state index in [1.165, 1.54) is 23.1 Å². The van der Waals surface area contributed by atoms with Crippen molar-refractivity contribution in [3.8, 4) is 0 Å². The predicted molar refractivity (Wildman–Crippen MR) is 161 cm³/mol. The number of sulfonamides is 1. The fraction of sp³-hybridized carbons (Fsp3) is 0.333. The molecule has 0 radical (unpaired) electrons. The molecule has 1 N–H and O–H groups in total. The Balaban J connectivity index is 2.12. The Morgan fingerprint density at radius 2 is 1.60 bits per heavy atom. The van der Waals surface area contributed by atoms with E-state index >= 15 is 0 Å². The highest BCUT2D eigenvalue weighted by Crippen LogP contribution is 2.30. The molecule has 0 aliphatic heterocycles. The lowest BCUT2D eigenvalue weighted by Gasteiger charge is -2.34. The Hall–Kier alpha value is -3.07. The van der Waals surface area contributed by atoms with E-state index in [9.17, 15) is 18.0 Å². The van der Waals surface area contributed by atoms with Gasteiger partial charge in [-0.15, -0.1) is 0 Å². The number of anilines is 1. The topological polar surface area (TPSA) is 86.8 Å². The number of nitrogens with zero attached hydrogens (tertiary/aromatic N) is 2. The molecule has 40 heavy (non-hydrogen) atoms. The quantitative estimate of drug-likeness (QED) is 0.285. The number of carbonyl (C=O) groups is 2. The summed E-state index contributed by atoms with van der Waals surface area (Å²) in [6.45, 7) is 8.56. The molecule has 0 heterocycles. The summed E-state index contributed by atoms with van der Waals surface area (Å²) in [5, 5.41) is 3.64. The minimum atomic E-state index is -4.19. The van der Waals surface area contributed by atoms with Crippen LogP contribution >= 0.6 is 23.2 Å². The maximum Gasteiger partial charge on any atom is 0.264 e. The van der Waals surface area contributed by atoms with Crippen LogP contribution in [0.15, 0.2) is 71.6 Å². The second kappa shape index (κ2) is 13.5. The van der Waals surface area contributed by atoms with E-state index in [2.05, 4.69) is 5.32 Å². The first-order chi connectivity index (χ1) is 18.8. The van der Waals surface area contributed by atoms with Gasteiger partial charge in [0.15, 0.2) is 0 Å². The number of halogens is 2. The van der Waals surface area contributed by atoms with Gasteiger partial charge < -0.3 is 10.2 Å². The Morgan fingerprint density at radius 3 is 2.20 bits per heavy atom. The number of hydrogen-bond acceptors (Lipinski definition) is 4. The summed E-state index contributed by atoms with van der Waals surface area (Å²) in [7, 11) is -4.19. The molecule has 3 aromatic carbocycles. The summed E-state index contributed by atoms with van der Waals surface area (Å²) >= 11 is 12.7. The molecule has 7 nitrogen and oxygen atoms in total. The number of rotatable bonds is 11. The Bertz CT molecular complexity index is 1460. The zero-order valence-electron chi connectivity index (χ0n) is 23.3. The average Bonchev–Trinajstić information content (AvgIpc) is 2.89. The predicted octanol–water partition coefficient (Wildman–Crippen LogP) is 6.14. The van der Waals surface area contributed by atoms with Gasteiger partial charge in [-0.25, -0.2) is 8.42 Å². The highest BCUT2D eigenvalue weighted by molar-refractivity contribution is 7.92. The molecule has 0 unspecified atom stereocenters. The van der Waals surface area contributed by atoms with E-state index in [0.717, 1.165) is 9.87 Å². The number of aryl methyl sites for hydroxylation is 2. The second-order valence-corrected chi connectivity index (χ2v) is 12.7. The third kappa shape index (κ3) is 7.56. The van der Waals surface area contributed by atoms with Crippen molar-refractivity contribution in [2.24, 2.45) is 0 Å². The molecule has 10 heteroatoms. The molecule has 0 aliphatic rings. The SMILES string of the molecule is CC[C@@H](C(=O)NC(C)C)N(Cc1ccccc1Cl)C(=O)CN(c1cc(Cl)ccc1C)S(=O)(=O)c1ccc(C)cc1. The highest BCUT2D eigenvalue weighted by Gasteiger charge is 2.34. The third-order valence-corrected chi connectivity index (χ3v) is 8.82. The summed E-state index contributed by atoms with van der Waals surface area (Å²) < 4.78 is 29.1. The molecule has 0 aliphatic carbocycles. The lowest BCUT2D eigenvalue weighted by Crippen LogP contribution is -2.53. The average molecular weight is 605 g/mol. The number of hydrogen-bond donors (Lipinski definition) is 1. The first-order valence-corrected chi connectivity index (χ1v) is 15.2. The zero-order chi connectivity index (χ0) is 29.6. The van der Waals surface area contributed by atoms with E-state index in [4.69, 9.17) is 23.2 Å². The van der Waals surface area contributed by atoms with Gasteiger partial charge in [0.2, 0.25) is 11.8 Å². The van der Waals surface area contributed by atoms with Crippen molar-refractivity contribution in [1.82, 2.24) is 10.2 Å². The normalized spacial score (nSPS) is 12.2. The van der Waals surface area contributed by atoms with Gasteiger partial charge in [0, 0.05) is 22.6 Å². The van der Waals surface area contributed by atoms with Crippen LogP contribution in [0.25, 0.3) is 0 Å². The van der Waals surface area contributed by atoms with E-state index in [0.29, 0.717) is 27.6 Å². The van der Waals surface area contributed by atoms with Crippen molar-refractivity contribution in [2.45, 2.75) is 64.6 Å². The van der Waals surface area contributed by atoms with Gasteiger partial charge in [0.25, 0.3) is 10.0 Å². The van der Waals surface area contributed by atoms with E-state index < -0.39 is 28.5 Å². The van der Waals surface area contributed by atoms with Crippen molar-refractivity contribution in [3.05, 3.63) is 93.5 Å². The molecule has 0 saturated carbocycles. The molecule has 3 aromatic rings. The fourth-order valence-corrected chi connectivity index (χ4v) is 6.14. The third-order valence-electron chi connectivity index (χ3n) is 6.44. The van der Waals surface area contributed by atoms with E-state index in [1.54, 1.807) is 62.4 Å². The Kier molecular flexibility index (Phi) is 10.6. The van der Waals surface area contributed by atoms with Gasteiger partial charge in [-0.3, -0.25) is 13.9 Å². The summed E-state index contributed by atoms with van der Waals surface area (Å²) in [5.41, 5.74) is 2.43. The lowest BCUT2D eigenvalue weighted by atomic mass is 10.1. The molecular weight excluding hydrogens is 569 g/mol. The molecule has 0 spiro atoms. The van der Waals surface area contributed by atoms with Crippen LogP contribution in [-0.4, -0.2) is 43.8 Å². The standard InChI is InChI=1S/C30H35Cl2N3O4S/c1-6-27(30(37)33-20(2)3)34(18-23-9-7-8-10-26(23)32)29(36)19-35(28-17-24(31)14-13-22(28)5)40(38,39)25-15-11-21(4)12-16-25/h7-17,20,27H,6,18-19H2,1-5H3,(H,33,37)/t27-/m0/s1. The van der Waals surface area contributed by atoms with Gasteiger partial charge in [0.1, 0.15) is 12.6 Å². The maximum atomic E-state index is 14.1. The number of amides is 2. The van der Waals surface area contributed by atoms with Crippen molar-refractivity contribution < 1.29 is 18.0 Å². The molecule has 0 fully saturated rings. The summed E-state index contributed by atoms with van der Waals surface area (Å²) in [6.07, 6.45) is 0.315. The monoisotopic (exact) mass is 603 g/mol. The van der Waals surface area contributed by atoms with Crippen LogP contribution in [0, 0.1) is 13.8 Å². The smallest absolute Gasteiger partial charge is 0.264 e. The van der Waals surface area contributed by atoms with Crippen molar-refractivity contribution >= 4 is 50.7 Å². The number of nitrogens with one attached hydrogen (secondary N) is 1. The molecule has 0 bridgehead atoms. The number of benzene rings is 3. The van der Waals surface area contributed by atoms with Crippen molar-refractivity contribution in [3.63, 3.8) is 0 Å². The molecule has 0 aromatic heterocycles. The van der Waals surface area contributed by atoms with Gasteiger partial charge >= 0.3 is 0 Å². The van der Waals surface area contributed by atoms with Crippen molar-refractivity contribution in [1.29, 1.82) is 0 Å². The summed E-state index contributed by atoms with van der Waals surface area (Å²) in [5.74, 6) is -0.884. The minimum absolute atomic E-state index is 0.0233. The molecule has 3 rings (SSSR count). The molecule has 1 atom stereocenters. The fourth-order valence-electron chi connectivity index (χ4n) is 4.31. The van der Waals surface area contributed by atoms with Crippen LogP contribution in [0.5, 0.6) is 0 Å². The summed E-state index contributed by atoms with van der Waals surface area (Å²) in [6, 6.07) is 17.4. The lowest BCUT2D eigenvalue weighted by molar-refractivity contribution is -0.140. The molecule has 0 saturated heterocycles. The first kappa shape index (κ1) is 31.5. The molecule has 2 amide bonds. The largest absolute Gasteiger partial charge is 0.352 e. The van der Waals surface area contributed by atoms with Crippen LogP contribution in [0.3, 0.4) is 0 Å². The van der Waals surface area contributed by atoms with Crippen LogP contribution in [0.1, 0.15) is 43.9 Å². The zero-order valence-corrected chi connectivity index (χ0v) is 25.6. The van der Waals surface area contributed by atoms with Crippen molar-refractivity contribution in [2.75, 3.05) is 10.8 Å². The number of carbonyl (C=O) groups excluding carboxylic acids is 2. The van der Waals surface area contributed by atoms with Gasteiger partial charge in [-0.2, -0.15) is 0 Å². The first-order valence-electron chi connectivity index (χ1n) is 13.0. The van der Waals surface area contributed by atoms with Crippen LogP contribution < -0.4 is 9.62 Å². The Morgan fingerprint density at radius 1 is 0.950 bits per heavy atom. The van der Waals surface area contributed by atoms with Crippen LogP contribution in [-0.2, 0) is 26.2 Å². The maximum absolute atomic E-state index is 14.1. The van der Waals surface area contributed by atoms with E-state index in [1.807, 2.05) is 20.8 Å². The molecule has 214 valence electrons. The van der Waals surface area contributed by atoms with Gasteiger partial charge in [-0.05, 0) is 75.6 Å². The van der Waals surface area contributed by atoms with Gasteiger partial charge in [0.05, 0.1) is 10.6 Å². The minimum Gasteiger partial charge on any atom is -0.352 e. The second-order valence-electron chi connectivity index (χ2n) is 9.96. The van der Waals surface area contributed by atoms with Gasteiger partial charge in [-0.1, -0.05) is 72.1 Å². The molecular formula is C30H35Cl2N3O4S. The van der Waals surface area contributed by atoms with E-state index in [-0.39, 0.29) is 29.1 Å². The summed E-state index contributed by atoms with van der Waals surface area (Å²) in [4.78, 5) is 28.8. The van der Waals surface area contributed by atoms with Crippen LogP contribution in [0.4, 0.5) is 5.69 Å².